The lowest BCUT2D eigenvalue weighted by Gasteiger charge is -2.26. The summed E-state index contributed by atoms with van der Waals surface area (Å²) in [6.45, 7) is 5.19. The van der Waals surface area contributed by atoms with E-state index < -0.39 is 0 Å². The highest BCUT2D eigenvalue weighted by molar-refractivity contribution is 6.29. The van der Waals surface area contributed by atoms with Crippen molar-refractivity contribution >= 4 is 17.2 Å². The first-order valence-corrected chi connectivity index (χ1v) is 6.26. The third-order valence-electron chi connectivity index (χ3n) is 3.15. The van der Waals surface area contributed by atoms with E-state index in [-0.39, 0.29) is 0 Å². The summed E-state index contributed by atoms with van der Waals surface area (Å²) in [7, 11) is 0. The number of pyridine rings is 1. The Labute approximate surface area is 105 Å². The average Bonchev–Trinajstić information content (AvgIpc) is 2.75. The number of piperazine rings is 1. The molecule has 1 fully saturated rings. The van der Waals surface area contributed by atoms with Gasteiger partial charge in [0.2, 0.25) is 0 Å². The van der Waals surface area contributed by atoms with E-state index in [0.717, 1.165) is 49.2 Å². The number of imidazole rings is 1. The fraction of sp³-hybridized carbons (Fsp3) is 0.417. The van der Waals surface area contributed by atoms with E-state index in [1.807, 2.05) is 28.8 Å². The summed E-state index contributed by atoms with van der Waals surface area (Å²) in [6, 6.07) is 5.81. The van der Waals surface area contributed by atoms with Crippen LogP contribution in [0.2, 0.25) is 5.15 Å². The van der Waals surface area contributed by atoms with Crippen molar-refractivity contribution < 1.29 is 0 Å². The number of hydrogen-bond acceptors (Lipinski definition) is 3. The molecule has 1 aliphatic rings. The topological polar surface area (TPSA) is 32.6 Å². The van der Waals surface area contributed by atoms with E-state index in [1.54, 1.807) is 0 Å². The zero-order valence-corrected chi connectivity index (χ0v) is 10.3. The van der Waals surface area contributed by atoms with Crippen LogP contribution in [0.4, 0.5) is 0 Å². The van der Waals surface area contributed by atoms with Crippen molar-refractivity contribution in [3.63, 3.8) is 0 Å². The van der Waals surface area contributed by atoms with Gasteiger partial charge in [-0.15, -0.1) is 0 Å². The molecule has 3 rings (SSSR count). The van der Waals surface area contributed by atoms with Crippen LogP contribution in [0.25, 0.3) is 5.65 Å². The number of nitrogens with one attached hydrogen (secondary N) is 1. The van der Waals surface area contributed by atoms with Crippen LogP contribution in [0.1, 0.15) is 5.69 Å². The molecule has 1 N–H and O–H groups in total. The van der Waals surface area contributed by atoms with Gasteiger partial charge in [0.05, 0.1) is 11.9 Å². The molecule has 17 heavy (non-hydrogen) atoms. The number of aromatic nitrogens is 2. The van der Waals surface area contributed by atoms with E-state index in [9.17, 15) is 0 Å². The molecule has 0 aromatic carbocycles. The van der Waals surface area contributed by atoms with Gasteiger partial charge in [0, 0.05) is 32.7 Å². The molecule has 90 valence electrons. The highest BCUT2D eigenvalue weighted by Gasteiger charge is 2.13. The maximum atomic E-state index is 6.21. The highest BCUT2D eigenvalue weighted by Crippen LogP contribution is 2.16. The van der Waals surface area contributed by atoms with Crippen molar-refractivity contribution in [2.24, 2.45) is 0 Å². The molecule has 0 aliphatic carbocycles. The smallest absolute Gasteiger partial charge is 0.138 e. The van der Waals surface area contributed by atoms with E-state index in [4.69, 9.17) is 11.6 Å². The zero-order chi connectivity index (χ0) is 11.7. The summed E-state index contributed by atoms with van der Waals surface area (Å²) in [4.78, 5) is 6.80. The van der Waals surface area contributed by atoms with Crippen molar-refractivity contribution in [1.82, 2.24) is 19.6 Å². The van der Waals surface area contributed by atoms with Gasteiger partial charge in [-0.3, -0.25) is 9.30 Å². The van der Waals surface area contributed by atoms with Crippen LogP contribution in [0.3, 0.4) is 0 Å². The number of fused-ring (bicyclic) bond motifs is 1. The van der Waals surface area contributed by atoms with Crippen LogP contribution in [-0.4, -0.2) is 40.5 Å². The Morgan fingerprint density at radius 1 is 1.29 bits per heavy atom. The van der Waals surface area contributed by atoms with E-state index >= 15 is 0 Å². The molecule has 0 radical (unpaired) electrons. The third-order valence-corrected chi connectivity index (χ3v) is 3.45. The van der Waals surface area contributed by atoms with Gasteiger partial charge in [-0.1, -0.05) is 17.7 Å². The molecule has 3 heterocycles. The predicted molar refractivity (Wildman–Crippen MR) is 68.3 cm³/mol. The number of rotatable bonds is 2. The Bertz CT molecular complexity index is 516. The van der Waals surface area contributed by atoms with Crippen LogP contribution in [0, 0.1) is 0 Å². The minimum Gasteiger partial charge on any atom is -0.314 e. The van der Waals surface area contributed by atoms with E-state index in [0.29, 0.717) is 0 Å². The van der Waals surface area contributed by atoms with Crippen molar-refractivity contribution in [2.45, 2.75) is 6.54 Å². The second-order valence-corrected chi connectivity index (χ2v) is 4.71. The van der Waals surface area contributed by atoms with Gasteiger partial charge in [-0.05, 0) is 12.1 Å². The first-order valence-electron chi connectivity index (χ1n) is 5.88. The molecule has 0 amide bonds. The SMILES string of the molecule is Clc1cccc2ncc(CN3CCNCC3)n12. The first-order chi connectivity index (χ1) is 8.34. The third kappa shape index (κ3) is 2.16. The number of halogens is 1. The molecule has 0 spiro atoms. The minimum absolute atomic E-state index is 0.727. The predicted octanol–water partition coefficient (Wildman–Crippen LogP) is 1.39. The van der Waals surface area contributed by atoms with E-state index in [2.05, 4.69) is 15.2 Å². The Balaban J connectivity index is 1.89. The molecular weight excluding hydrogens is 236 g/mol. The van der Waals surface area contributed by atoms with Crippen LogP contribution in [0.5, 0.6) is 0 Å². The van der Waals surface area contributed by atoms with Crippen molar-refractivity contribution in [3.8, 4) is 0 Å². The van der Waals surface area contributed by atoms with Crippen molar-refractivity contribution in [2.75, 3.05) is 26.2 Å². The monoisotopic (exact) mass is 250 g/mol. The minimum atomic E-state index is 0.727. The van der Waals surface area contributed by atoms with E-state index in [1.165, 1.54) is 0 Å². The fourth-order valence-corrected chi connectivity index (χ4v) is 2.53. The Morgan fingerprint density at radius 3 is 2.94 bits per heavy atom. The molecule has 5 heteroatoms. The molecule has 0 atom stereocenters. The zero-order valence-electron chi connectivity index (χ0n) is 9.56. The Morgan fingerprint density at radius 2 is 2.12 bits per heavy atom. The quantitative estimate of drug-likeness (QED) is 0.818. The molecule has 1 saturated heterocycles. The second kappa shape index (κ2) is 4.64. The van der Waals surface area contributed by atoms with Crippen LogP contribution in [-0.2, 0) is 6.54 Å². The van der Waals surface area contributed by atoms with Gasteiger partial charge in [-0.2, -0.15) is 0 Å². The summed E-state index contributed by atoms with van der Waals surface area (Å²) in [6.07, 6.45) is 1.92. The molecule has 0 unspecified atom stereocenters. The lowest BCUT2D eigenvalue weighted by atomic mass is 10.3. The maximum Gasteiger partial charge on any atom is 0.138 e. The largest absolute Gasteiger partial charge is 0.314 e. The normalized spacial score (nSPS) is 17.7. The van der Waals surface area contributed by atoms with Crippen LogP contribution in [0.15, 0.2) is 24.4 Å². The highest BCUT2D eigenvalue weighted by atomic mass is 35.5. The lowest BCUT2D eigenvalue weighted by Crippen LogP contribution is -2.43. The number of hydrogen-bond donors (Lipinski definition) is 1. The molecule has 0 saturated carbocycles. The molecule has 2 aromatic rings. The van der Waals surface area contributed by atoms with Gasteiger partial charge in [0.1, 0.15) is 10.8 Å². The second-order valence-electron chi connectivity index (χ2n) is 4.32. The lowest BCUT2D eigenvalue weighted by molar-refractivity contribution is 0.230. The summed E-state index contributed by atoms with van der Waals surface area (Å²) >= 11 is 6.21. The molecule has 4 nitrogen and oxygen atoms in total. The maximum absolute atomic E-state index is 6.21. The summed E-state index contributed by atoms with van der Waals surface area (Å²) in [5.41, 5.74) is 2.08. The van der Waals surface area contributed by atoms with Crippen molar-refractivity contribution in [1.29, 1.82) is 0 Å². The van der Waals surface area contributed by atoms with Gasteiger partial charge in [0.15, 0.2) is 0 Å². The average molecular weight is 251 g/mol. The first kappa shape index (κ1) is 11.0. The molecule has 2 aromatic heterocycles. The molecule has 1 aliphatic heterocycles. The Kier molecular flexibility index (Phi) is 3.01. The standard InChI is InChI=1S/C12H15ClN4/c13-11-2-1-3-12-15-8-10(17(11)12)9-16-6-4-14-5-7-16/h1-3,8,14H,4-7,9H2. The summed E-state index contributed by atoms with van der Waals surface area (Å²) in [5.74, 6) is 0. The van der Waals surface area contributed by atoms with Crippen LogP contribution >= 0.6 is 11.6 Å². The van der Waals surface area contributed by atoms with Crippen molar-refractivity contribution in [3.05, 3.63) is 35.2 Å². The summed E-state index contributed by atoms with van der Waals surface area (Å²) in [5, 5.41) is 4.08. The van der Waals surface area contributed by atoms with Gasteiger partial charge in [0.25, 0.3) is 0 Å². The van der Waals surface area contributed by atoms with Gasteiger partial charge >= 0.3 is 0 Å². The molecule has 0 bridgehead atoms. The Hall–Kier alpha value is -1.10. The van der Waals surface area contributed by atoms with Gasteiger partial charge in [-0.25, -0.2) is 4.98 Å². The fourth-order valence-electron chi connectivity index (χ4n) is 2.27. The van der Waals surface area contributed by atoms with Gasteiger partial charge < -0.3 is 5.32 Å². The summed E-state index contributed by atoms with van der Waals surface area (Å²) < 4.78 is 2.02. The molecular formula is C12H15ClN4. The number of nitrogens with zero attached hydrogens (tertiary/aromatic N) is 3. The van der Waals surface area contributed by atoms with Crippen LogP contribution < -0.4 is 5.32 Å².